The van der Waals surface area contributed by atoms with Crippen molar-refractivity contribution in [1.82, 2.24) is 0 Å². The van der Waals surface area contributed by atoms with Crippen LogP contribution in [0, 0.1) is 13.8 Å². The second kappa shape index (κ2) is 6.52. The number of thiophene rings is 2. The fraction of sp³-hybridized carbons (Fsp3) is 0.308. The van der Waals surface area contributed by atoms with Gasteiger partial charge in [-0.25, -0.2) is 0 Å². The first kappa shape index (κ1) is 20.4. The molecular weight excluding hydrogens is 433 g/mol. The highest BCUT2D eigenvalue weighted by atomic mass is 32.1. The fourth-order valence-electron chi connectivity index (χ4n) is 5.17. The summed E-state index contributed by atoms with van der Waals surface area (Å²) in [5, 5.41) is 12.2. The molecule has 0 unspecified atom stereocenters. The molecule has 0 fully saturated rings. The summed E-state index contributed by atoms with van der Waals surface area (Å²) >= 11 is 3.88. The third-order valence-corrected chi connectivity index (χ3v) is 12.2. The van der Waals surface area contributed by atoms with E-state index in [1.54, 1.807) is 10.4 Å². The lowest BCUT2D eigenvalue weighted by Crippen LogP contribution is -2.44. The Morgan fingerprint density at radius 3 is 1.17 bits per heavy atom. The van der Waals surface area contributed by atoms with Gasteiger partial charge in [-0.3, -0.25) is 0 Å². The minimum atomic E-state index is -1.58. The first-order valence-corrected chi connectivity index (χ1v) is 19.4. The van der Waals surface area contributed by atoms with Gasteiger partial charge in [-0.1, -0.05) is 39.3 Å². The van der Waals surface area contributed by atoms with E-state index in [1.807, 2.05) is 22.7 Å². The van der Waals surface area contributed by atoms with Crippen LogP contribution in [0.3, 0.4) is 0 Å². The zero-order valence-electron chi connectivity index (χ0n) is 19.3. The van der Waals surface area contributed by atoms with Gasteiger partial charge >= 0.3 is 0 Å². The van der Waals surface area contributed by atoms with Crippen molar-refractivity contribution in [2.45, 2.75) is 53.1 Å². The van der Waals surface area contributed by atoms with Crippen molar-refractivity contribution >= 4 is 90.9 Å². The standard InChI is InChI=1S/C26H30S2Si2/c1-15-9-17-11-19-21(13-23(17)27-15)26(30(6,7)8)20-12-18-10-16(2)28-24(18)14-22(20)25(19)29(3,4)5/h9-14H,1-8H3. The van der Waals surface area contributed by atoms with Crippen LogP contribution >= 0.6 is 22.7 Å². The summed E-state index contributed by atoms with van der Waals surface area (Å²) in [5.74, 6) is 0. The second-order valence-corrected chi connectivity index (χ2v) is 23.4. The van der Waals surface area contributed by atoms with Crippen molar-refractivity contribution in [3.05, 3.63) is 46.2 Å². The molecule has 0 aliphatic heterocycles. The van der Waals surface area contributed by atoms with Crippen molar-refractivity contribution in [3.63, 3.8) is 0 Å². The monoisotopic (exact) mass is 462 g/mol. The predicted octanol–water partition coefficient (Wildman–Crippen LogP) is 8.13. The van der Waals surface area contributed by atoms with E-state index in [-0.39, 0.29) is 0 Å². The van der Waals surface area contributed by atoms with E-state index in [9.17, 15) is 0 Å². The molecule has 0 spiro atoms. The lowest BCUT2D eigenvalue weighted by Gasteiger charge is -2.29. The quantitative estimate of drug-likeness (QED) is 0.183. The highest BCUT2D eigenvalue weighted by Crippen LogP contribution is 2.36. The molecule has 0 aliphatic carbocycles. The molecule has 0 N–H and O–H groups in total. The molecule has 2 heterocycles. The lowest BCUT2D eigenvalue weighted by molar-refractivity contribution is 1.66. The van der Waals surface area contributed by atoms with Crippen LogP contribution in [-0.4, -0.2) is 16.1 Å². The Balaban J connectivity index is 2.13. The number of aryl methyl sites for hydroxylation is 2. The molecule has 154 valence electrons. The van der Waals surface area contributed by atoms with Crippen LogP contribution in [0.4, 0.5) is 0 Å². The van der Waals surface area contributed by atoms with Gasteiger partial charge in [0.1, 0.15) is 0 Å². The van der Waals surface area contributed by atoms with Gasteiger partial charge in [-0.05, 0) is 92.9 Å². The van der Waals surface area contributed by atoms with E-state index in [0.29, 0.717) is 0 Å². The highest BCUT2D eigenvalue weighted by molar-refractivity contribution is 7.19. The molecule has 0 aliphatic rings. The lowest BCUT2D eigenvalue weighted by atomic mass is 10.0. The van der Waals surface area contributed by atoms with Crippen LogP contribution in [0.25, 0.3) is 41.7 Å². The van der Waals surface area contributed by atoms with Gasteiger partial charge in [-0.15, -0.1) is 22.7 Å². The SMILES string of the molecule is Cc1cc2cc3c([Si](C)(C)C)c4cc5sc(C)cc5cc4c([Si](C)(C)C)c3cc2s1. The van der Waals surface area contributed by atoms with Gasteiger partial charge in [0.05, 0.1) is 16.1 Å². The summed E-state index contributed by atoms with van der Waals surface area (Å²) in [5.41, 5.74) is 0. The van der Waals surface area contributed by atoms with Gasteiger partial charge in [0.2, 0.25) is 0 Å². The Bertz CT molecular complexity index is 1270. The first-order valence-electron chi connectivity index (χ1n) is 10.8. The topological polar surface area (TPSA) is 0 Å². The number of fused-ring (bicyclic) bond motifs is 4. The van der Waals surface area contributed by atoms with Gasteiger partial charge < -0.3 is 0 Å². The zero-order chi connectivity index (χ0) is 21.6. The Kier molecular flexibility index (Phi) is 4.44. The molecule has 4 heteroatoms. The van der Waals surface area contributed by atoms with Gasteiger partial charge in [0.15, 0.2) is 0 Å². The maximum atomic E-state index is 2.53. The largest absolute Gasteiger partial charge is 0.141 e. The highest BCUT2D eigenvalue weighted by Gasteiger charge is 2.29. The molecule has 0 saturated carbocycles. The van der Waals surface area contributed by atoms with Crippen LogP contribution in [0.2, 0.25) is 39.3 Å². The Morgan fingerprint density at radius 1 is 0.500 bits per heavy atom. The van der Waals surface area contributed by atoms with Crippen molar-refractivity contribution < 1.29 is 0 Å². The van der Waals surface area contributed by atoms with Crippen molar-refractivity contribution in [1.29, 1.82) is 0 Å². The van der Waals surface area contributed by atoms with E-state index in [4.69, 9.17) is 0 Å². The Morgan fingerprint density at radius 2 is 0.833 bits per heavy atom. The van der Waals surface area contributed by atoms with Crippen LogP contribution < -0.4 is 10.4 Å². The molecule has 5 rings (SSSR count). The van der Waals surface area contributed by atoms with Gasteiger partial charge in [0, 0.05) is 19.2 Å². The summed E-state index contributed by atoms with van der Waals surface area (Å²) in [7, 11) is -3.16. The second-order valence-electron chi connectivity index (χ2n) is 10.8. The maximum absolute atomic E-state index is 2.53. The van der Waals surface area contributed by atoms with Crippen LogP contribution in [0.5, 0.6) is 0 Å². The van der Waals surface area contributed by atoms with E-state index < -0.39 is 16.1 Å². The van der Waals surface area contributed by atoms with Crippen LogP contribution in [0.15, 0.2) is 36.4 Å². The Hall–Kier alpha value is -1.47. The molecule has 0 radical (unpaired) electrons. The number of rotatable bonds is 2. The average Bonchev–Trinajstić information content (AvgIpc) is 3.12. The summed E-state index contributed by atoms with van der Waals surface area (Å²) in [6, 6.07) is 14.9. The zero-order valence-corrected chi connectivity index (χ0v) is 22.9. The van der Waals surface area contributed by atoms with Gasteiger partial charge in [-0.2, -0.15) is 0 Å². The van der Waals surface area contributed by atoms with Gasteiger partial charge in [0.25, 0.3) is 0 Å². The maximum Gasteiger partial charge on any atom is 0.0792 e. The predicted molar refractivity (Wildman–Crippen MR) is 148 cm³/mol. The molecule has 3 aromatic carbocycles. The summed E-state index contributed by atoms with van der Waals surface area (Å²) < 4.78 is 2.88. The number of hydrogen-bond acceptors (Lipinski definition) is 2. The number of hydrogen-bond donors (Lipinski definition) is 0. The minimum Gasteiger partial charge on any atom is -0.141 e. The molecule has 0 bridgehead atoms. The molecule has 30 heavy (non-hydrogen) atoms. The molecule has 5 aromatic rings. The van der Waals surface area contributed by atoms with Crippen LogP contribution in [0.1, 0.15) is 9.75 Å². The minimum absolute atomic E-state index is 1.41. The number of benzene rings is 3. The van der Waals surface area contributed by atoms with Crippen molar-refractivity contribution in [3.8, 4) is 0 Å². The first-order chi connectivity index (χ1) is 13.9. The van der Waals surface area contributed by atoms with Crippen molar-refractivity contribution in [2.75, 3.05) is 0 Å². The third-order valence-electron chi connectivity index (χ3n) is 6.14. The third kappa shape index (κ3) is 3.11. The summed E-state index contributed by atoms with van der Waals surface area (Å²) in [6.45, 7) is 19.6. The van der Waals surface area contributed by atoms with Crippen molar-refractivity contribution in [2.24, 2.45) is 0 Å². The van der Waals surface area contributed by atoms with Crippen LogP contribution in [-0.2, 0) is 0 Å². The Labute approximate surface area is 189 Å². The molecule has 0 nitrogen and oxygen atoms in total. The van der Waals surface area contributed by atoms with E-state index >= 15 is 0 Å². The normalized spacial score (nSPS) is 13.3. The summed E-state index contributed by atoms with van der Waals surface area (Å²) in [6.07, 6.45) is 0. The van der Waals surface area contributed by atoms with E-state index in [0.717, 1.165) is 0 Å². The molecule has 0 amide bonds. The average molecular weight is 463 g/mol. The summed E-state index contributed by atoms with van der Waals surface area (Å²) in [4.78, 5) is 2.81. The smallest absolute Gasteiger partial charge is 0.0792 e. The molecule has 0 atom stereocenters. The van der Waals surface area contributed by atoms with E-state index in [2.05, 4.69) is 89.5 Å². The molecular formula is C26H30S2Si2. The molecule has 0 saturated heterocycles. The fourth-order valence-corrected chi connectivity index (χ4v) is 11.1. The molecule has 2 aromatic heterocycles. The van der Waals surface area contributed by atoms with E-state index in [1.165, 1.54) is 51.5 Å².